The van der Waals surface area contributed by atoms with Crippen molar-refractivity contribution in [3.8, 4) is 35.1 Å². The first-order chi connectivity index (χ1) is 19.6. The monoisotopic (exact) mass is 576 g/mol. The van der Waals surface area contributed by atoms with E-state index in [-0.39, 0.29) is 22.2 Å². The van der Waals surface area contributed by atoms with Gasteiger partial charge in [-0.3, -0.25) is 0 Å². The van der Waals surface area contributed by atoms with Crippen LogP contribution in [0.25, 0.3) is 68.4 Å². The highest BCUT2D eigenvalue weighted by molar-refractivity contribution is 5.79. The zero-order valence-corrected chi connectivity index (χ0v) is 19.2. The van der Waals surface area contributed by atoms with Crippen LogP contribution in [-0.2, 0) is 0 Å². The molecule has 17 heteroatoms. The standard InChI is InChI=1S/C24H4F8N6O3/c25-5-1-9-11(3-7(5)27)39-22(33-9)19-36-20(23-34-10-2-6(26)8(28)4-12(10)40-23)38-21(37-19)24-35-17-15(31)13(29)14(30)16(32)18(17)41-24/h1-4H. The third-order valence-corrected chi connectivity index (χ3v) is 5.68. The van der Waals surface area contributed by atoms with Crippen LogP contribution in [0.4, 0.5) is 35.1 Å². The number of fused-ring (bicyclic) bond motifs is 3. The Labute approximate surface area is 218 Å². The molecular formula is C24H4F8N6O3. The molecule has 0 N–H and O–H groups in total. The van der Waals surface area contributed by atoms with Crippen LogP contribution in [-0.4, -0.2) is 29.9 Å². The molecule has 0 saturated heterocycles. The molecule has 7 aromatic rings. The van der Waals surface area contributed by atoms with Gasteiger partial charge >= 0.3 is 0 Å². The van der Waals surface area contributed by atoms with Crippen LogP contribution in [0.2, 0.25) is 0 Å². The lowest BCUT2D eigenvalue weighted by Crippen LogP contribution is -2.00. The van der Waals surface area contributed by atoms with Crippen molar-refractivity contribution in [1.29, 1.82) is 0 Å². The van der Waals surface area contributed by atoms with E-state index in [1.54, 1.807) is 0 Å². The Kier molecular flexibility index (Phi) is 5.09. The fourth-order valence-electron chi connectivity index (χ4n) is 3.81. The number of benzene rings is 3. The van der Waals surface area contributed by atoms with Gasteiger partial charge in [0.2, 0.25) is 29.1 Å². The maximum atomic E-state index is 14.3. The van der Waals surface area contributed by atoms with Gasteiger partial charge in [-0.2, -0.15) is 19.3 Å². The fourth-order valence-corrected chi connectivity index (χ4v) is 3.81. The van der Waals surface area contributed by atoms with E-state index >= 15 is 0 Å². The average molecular weight is 576 g/mol. The van der Waals surface area contributed by atoms with Crippen molar-refractivity contribution in [3.63, 3.8) is 0 Å². The normalized spacial score (nSPS) is 11.9. The molecule has 0 saturated carbocycles. The Morgan fingerprint density at radius 1 is 0.415 bits per heavy atom. The highest BCUT2D eigenvalue weighted by Gasteiger charge is 2.28. The van der Waals surface area contributed by atoms with Gasteiger partial charge in [-0.15, -0.1) is 0 Å². The predicted molar refractivity (Wildman–Crippen MR) is 119 cm³/mol. The molecule has 0 aliphatic rings. The third kappa shape index (κ3) is 3.76. The molecule has 0 radical (unpaired) electrons. The van der Waals surface area contributed by atoms with E-state index in [9.17, 15) is 35.1 Å². The van der Waals surface area contributed by atoms with Crippen LogP contribution in [0.5, 0.6) is 0 Å². The summed E-state index contributed by atoms with van der Waals surface area (Å²) in [5.74, 6) is -16.4. The van der Waals surface area contributed by atoms with E-state index in [2.05, 4.69) is 29.9 Å². The summed E-state index contributed by atoms with van der Waals surface area (Å²) >= 11 is 0. The fraction of sp³-hybridized carbons (Fsp3) is 0. The topological polar surface area (TPSA) is 117 Å². The largest absolute Gasteiger partial charge is 0.433 e. The lowest BCUT2D eigenvalue weighted by molar-refractivity contribution is 0.410. The second-order valence-electron chi connectivity index (χ2n) is 8.27. The summed E-state index contributed by atoms with van der Waals surface area (Å²) in [5, 5.41) is 0. The molecular weight excluding hydrogens is 572 g/mol. The van der Waals surface area contributed by atoms with Crippen molar-refractivity contribution < 1.29 is 48.4 Å². The molecule has 204 valence electrons. The van der Waals surface area contributed by atoms with Gasteiger partial charge in [0, 0.05) is 24.3 Å². The maximum Gasteiger partial charge on any atom is 0.266 e. The third-order valence-electron chi connectivity index (χ3n) is 5.68. The molecule has 0 atom stereocenters. The zero-order valence-electron chi connectivity index (χ0n) is 19.2. The molecule has 4 aromatic heterocycles. The second kappa shape index (κ2) is 8.51. The lowest BCUT2D eigenvalue weighted by atomic mass is 10.3. The van der Waals surface area contributed by atoms with Crippen LogP contribution in [0.15, 0.2) is 37.5 Å². The first kappa shape index (κ1) is 24.6. The van der Waals surface area contributed by atoms with Gasteiger partial charge in [0.25, 0.3) is 17.7 Å². The summed E-state index contributed by atoms with van der Waals surface area (Å²) in [6, 6.07) is 2.84. The van der Waals surface area contributed by atoms with Crippen molar-refractivity contribution in [1.82, 2.24) is 29.9 Å². The summed E-state index contributed by atoms with van der Waals surface area (Å²) < 4.78 is 127. The molecule has 41 heavy (non-hydrogen) atoms. The molecule has 4 heterocycles. The average Bonchev–Trinajstić information content (AvgIpc) is 3.68. The molecule has 0 amide bonds. The highest BCUT2D eigenvalue weighted by Crippen LogP contribution is 2.33. The highest BCUT2D eigenvalue weighted by atomic mass is 19.2. The van der Waals surface area contributed by atoms with Crippen LogP contribution in [0, 0.1) is 46.5 Å². The SMILES string of the molecule is Fc1cc2nc(-c3nc(-c4nc5cc(F)c(F)cc5o4)nc(-c4nc5c(F)c(F)c(F)c(F)c5o4)n3)oc2cc1F. The van der Waals surface area contributed by atoms with Crippen molar-refractivity contribution in [2.45, 2.75) is 0 Å². The molecule has 0 spiro atoms. The smallest absolute Gasteiger partial charge is 0.266 e. The van der Waals surface area contributed by atoms with Gasteiger partial charge in [-0.05, 0) is 0 Å². The first-order valence-electron chi connectivity index (χ1n) is 11.0. The number of rotatable bonds is 3. The lowest BCUT2D eigenvalue weighted by Gasteiger charge is -2.01. The molecule has 3 aromatic carbocycles. The van der Waals surface area contributed by atoms with Gasteiger partial charge in [-0.1, -0.05) is 0 Å². The zero-order chi connectivity index (χ0) is 28.7. The number of halogens is 8. The summed E-state index contributed by atoms with van der Waals surface area (Å²) in [6.45, 7) is 0. The minimum absolute atomic E-state index is 0.160. The maximum absolute atomic E-state index is 14.3. The summed E-state index contributed by atoms with van der Waals surface area (Å²) in [4.78, 5) is 23.5. The predicted octanol–water partition coefficient (Wildman–Crippen LogP) is 6.41. The van der Waals surface area contributed by atoms with Crippen LogP contribution >= 0.6 is 0 Å². The van der Waals surface area contributed by atoms with Crippen molar-refractivity contribution in [2.24, 2.45) is 0 Å². The molecule has 0 aliphatic heterocycles. The Bertz CT molecular complexity index is 2000. The molecule has 0 aliphatic carbocycles. The summed E-state index contributed by atoms with van der Waals surface area (Å²) in [5.41, 5.74) is -2.93. The number of oxazole rings is 3. The van der Waals surface area contributed by atoms with E-state index in [0.717, 1.165) is 12.1 Å². The molecule has 0 bridgehead atoms. The number of hydrogen-bond donors (Lipinski definition) is 0. The summed E-state index contributed by atoms with van der Waals surface area (Å²) in [7, 11) is 0. The van der Waals surface area contributed by atoms with E-state index in [0.29, 0.717) is 12.1 Å². The van der Waals surface area contributed by atoms with E-state index in [1.807, 2.05) is 0 Å². The molecule has 0 unspecified atom stereocenters. The van der Waals surface area contributed by atoms with E-state index < -0.39 is 92.8 Å². The minimum atomic E-state index is -2.16. The van der Waals surface area contributed by atoms with Crippen LogP contribution in [0.1, 0.15) is 0 Å². The van der Waals surface area contributed by atoms with E-state index in [1.165, 1.54) is 0 Å². The van der Waals surface area contributed by atoms with Gasteiger partial charge in [0.1, 0.15) is 11.0 Å². The Hall–Kier alpha value is -5.48. The molecule has 9 nitrogen and oxygen atoms in total. The van der Waals surface area contributed by atoms with Crippen molar-refractivity contribution >= 4 is 33.3 Å². The van der Waals surface area contributed by atoms with Crippen molar-refractivity contribution in [2.75, 3.05) is 0 Å². The quantitative estimate of drug-likeness (QED) is 0.134. The number of hydrogen-bond acceptors (Lipinski definition) is 9. The van der Waals surface area contributed by atoms with Gasteiger partial charge < -0.3 is 13.3 Å². The Balaban J connectivity index is 1.47. The second-order valence-corrected chi connectivity index (χ2v) is 8.27. The summed E-state index contributed by atoms with van der Waals surface area (Å²) in [6.07, 6.45) is 0. The van der Waals surface area contributed by atoms with E-state index in [4.69, 9.17) is 13.3 Å². The van der Waals surface area contributed by atoms with Gasteiger partial charge in [-0.25, -0.2) is 45.7 Å². The molecule has 7 rings (SSSR count). The van der Waals surface area contributed by atoms with Gasteiger partial charge in [0.15, 0.2) is 57.2 Å². The Morgan fingerprint density at radius 2 is 0.829 bits per heavy atom. The Morgan fingerprint density at radius 3 is 1.32 bits per heavy atom. The minimum Gasteiger partial charge on any atom is -0.433 e. The molecule has 0 fully saturated rings. The van der Waals surface area contributed by atoms with Crippen LogP contribution in [0.3, 0.4) is 0 Å². The number of nitrogens with zero attached hydrogens (tertiary/aromatic N) is 6. The van der Waals surface area contributed by atoms with Crippen LogP contribution < -0.4 is 0 Å². The number of aromatic nitrogens is 6. The van der Waals surface area contributed by atoms with Crippen molar-refractivity contribution in [3.05, 3.63) is 70.8 Å². The first-order valence-corrected chi connectivity index (χ1v) is 11.0. The van der Waals surface area contributed by atoms with Gasteiger partial charge in [0.05, 0.1) is 0 Å².